The van der Waals surface area contributed by atoms with Crippen molar-refractivity contribution in [2.45, 2.75) is 13.3 Å². The van der Waals surface area contributed by atoms with Gasteiger partial charge in [0.05, 0.1) is 11.8 Å². The Hall–Kier alpha value is -1.60. The highest BCUT2D eigenvalue weighted by atomic mass is 32.2. The fraction of sp³-hybridized carbons (Fsp3) is 0.417. The van der Waals surface area contributed by atoms with Crippen LogP contribution in [0.25, 0.3) is 0 Å². The van der Waals surface area contributed by atoms with Gasteiger partial charge in [-0.25, -0.2) is 17.9 Å². The fourth-order valence-corrected chi connectivity index (χ4v) is 2.11. The second-order valence-corrected chi connectivity index (χ2v) is 6.11. The third kappa shape index (κ3) is 5.71. The third-order valence-electron chi connectivity index (χ3n) is 2.50. The van der Waals surface area contributed by atoms with Gasteiger partial charge in [-0.2, -0.15) is 0 Å². The van der Waals surface area contributed by atoms with Crippen LogP contribution in [0.1, 0.15) is 22.3 Å². The zero-order chi connectivity index (χ0) is 14.5. The van der Waals surface area contributed by atoms with Gasteiger partial charge in [-0.05, 0) is 37.1 Å². The second kappa shape index (κ2) is 6.53. The average Bonchev–Trinajstić information content (AvgIpc) is 2.26. The molecular formula is C12H18N2O4S. The third-order valence-corrected chi connectivity index (χ3v) is 3.23. The predicted octanol–water partition coefficient (Wildman–Crippen LogP) is 1.04. The molecule has 0 aliphatic rings. The zero-order valence-corrected chi connectivity index (χ0v) is 11.8. The van der Waals surface area contributed by atoms with E-state index in [4.69, 9.17) is 5.11 Å². The highest BCUT2D eigenvalue weighted by Gasteiger charge is 2.06. The molecule has 0 heterocycles. The predicted molar refractivity (Wildman–Crippen MR) is 74.1 cm³/mol. The van der Waals surface area contributed by atoms with Gasteiger partial charge >= 0.3 is 5.97 Å². The van der Waals surface area contributed by atoms with Crippen LogP contribution in [0.5, 0.6) is 0 Å². The van der Waals surface area contributed by atoms with E-state index in [0.29, 0.717) is 25.1 Å². The SMILES string of the molecule is Cc1cc(NCCCNS(C)(=O)=O)ccc1C(=O)O. The molecule has 1 rings (SSSR count). The molecule has 0 saturated heterocycles. The molecule has 0 radical (unpaired) electrons. The zero-order valence-electron chi connectivity index (χ0n) is 10.9. The Bertz CT molecular complexity index is 555. The summed E-state index contributed by atoms with van der Waals surface area (Å²) in [7, 11) is -3.13. The van der Waals surface area contributed by atoms with Gasteiger partial charge in [0.1, 0.15) is 0 Å². The van der Waals surface area contributed by atoms with E-state index in [2.05, 4.69) is 10.0 Å². The molecule has 0 bridgehead atoms. The van der Waals surface area contributed by atoms with E-state index in [1.54, 1.807) is 25.1 Å². The maximum absolute atomic E-state index is 10.8. The van der Waals surface area contributed by atoms with Crippen molar-refractivity contribution in [1.82, 2.24) is 4.72 Å². The molecule has 106 valence electrons. The summed E-state index contributed by atoms with van der Waals surface area (Å²) in [6, 6.07) is 5.00. The Morgan fingerprint density at radius 1 is 1.32 bits per heavy atom. The summed E-state index contributed by atoms with van der Waals surface area (Å²) >= 11 is 0. The molecule has 0 unspecified atom stereocenters. The van der Waals surface area contributed by atoms with Crippen molar-refractivity contribution in [3.63, 3.8) is 0 Å². The molecule has 0 spiro atoms. The summed E-state index contributed by atoms with van der Waals surface area (Å²) < 4.78 is 24.0. The van der Waals surface area contributed by atoms with Gasteiger partial charge in [0.2, 0.25) is 10.0 Å². The fourth-order valence-electron chi connectivity index (χ4n) is 1.59. The number of aromatic carboxylic acids is 1. The first-order valence-electron chi connectivity index (χ1n) is 5.82. The normalized spacial score (nSPS) is 11.3. The van der Waals surface area contributed by atoms with Gasteiger partial charge in [-0.1, -0.05) is 0 Å². The summed E-state index contributed by atoms with van der Waals surface area (Å²) in [6.07, 6.45) is 1.77. The number of rotatable bonds is 7. The van der Waals surface area contributed by atoms with Crippen LogP contribution in [0.15, 0.2) is 18.2 Å². The van der Waals surface area contributed by atoms with Crippen LogP contribution in [0.4, 0.5) is 5.69 Å². The van der Waals surface area contributed by atoms with Crippen molar-refractivity contribution in [1.29, 1.82) is 0 Å². The van der Waals surface area contributed by atoms with Crippen LogP contribution in [0.3, 0.4) is 0 Å². The van der Waals surface area contributed by atoms with Crippen molar-refractivity contribution in [2.24, 2.45) is 0 Å². The van der Waals surface area contributed by atoms with Crippen molar-refractivity contribution in [3.05, 3.63) is 29.3 Å². The van der Waals surface area contributed by atoms with E-state index in [9.17, 15) is 13.2 Å². The van der Waals surface area contributed by atoms with Crippen LogP contribution in [0.2, 0.25) is 0 Å². The van der Waals surface area contributed by atoms with Gasteiger partial charge in [-0.3, -0.25) is 0 Å². The van der Waals surface area contributed by atoms with Crippen LogP contribution < -0.4 is 10.0 Å². The molecule has 0 aliphatic carbocycles. The van der Waals surface area contributed by atoms with Crippen LogP contribution >= 0.6 is 0 Å². The van der Waals surface area contributed by atoms with Crippen LogP contribution in [-0.2, 0) is 10.0 Å². The van der Waals surface area contributed by atoms with Crippen molar-refractivity contribution in [3.8, 4) is 0 Å². The Balaban J connectivity index is 2.42. The molecule has 7 heteroatoms. The Kier molecular flexibility index (Phi) is 5.31. The van der Waals surface area contributed by atoms with Crippen molar-refractivity contribution >= 4 is 21.7 Å². The molecule has 0 aromatic heterocycles. The summed E-state index contributed by atoms with van der Waals surface area (Å²) in [5, 5.41) is 12.0. The molecule has 0 saturated carbocycles. The highest BCUT2D eigenvalue weighted by molar-refractivity contribution is 7.88. The molecule has 19 heavy (non-hydrogen) atoms. The topological polar surface area (TPSA) is 95.5 Å². The van der Waals surface area contributed by atoms with Crippen LogP contribution in [-0.4, -0.2) is 38.8 Å². The summed E-state index contributed by atoms with van der Waals surface area (Å²) in [4.78, 5) is 10.8. The maximum Gasteiger partial charge on any atom is 0.335 e. The molecule has 0 atom stereocenters. The van der Waals surface area contributed by atoms with E-state index in [-0.39, 0.29) is 5.56 Å². The Morgan fingerprint density at radius 3 is 2.53 bits per heavy atom. The lowest BCUT2D eigenvalue weighted by atomic mass is 10.1. The van der Waals surface area contributed by atoms with Gasteiger partial charge in [0.25, 0.3) is 0 Å². The van der Waals surface area contributed by atoms with Gasteiger partial charge in [-0.15, -0.1) is 0 Å². The molecule has 3 N–H and O–H groups in total. The number of nitrogens with one attached hydrogen (secondary N) is 2. The number of hydrogen-bond acceptors (Lipinski definition) is 4. The number of carboxylic acids is 1. The average molecular weight is 286 g/mol. The van der Waals surface area contributed by atoms with Gasteiger partial charge in [0.15, 0.2) is 0 Å². The van der Waals surface area contributed by atoms with Crippen LogP contribution in [0, 0.1) is 6.92 Å². The minimum atomic E-state index is -3.13. The number of sulfonamides is 1. The summed E-state index contributed by atoms with van der Waals surface area (Å²) in [5.41, 5.74) is 1.79. The lowest BCUT2D eigenvalue weighted by Gasteiger charge is -2.09. The minimum Gasteiger partial charge on any atom is -0.478 e. The monoisotopic (exact) mass is 286 g/mol. The Morgan fingerprint density at radius 2 is 2.00 bits per heavy atom. The molecular weight excluding hydrogens is 268 g/mol. The van der Waals surface area contributed by atoms with E-state index in [1.807, 2.05) is 0 Å². The van der Waals surface area contributed by atoms with Gasteiger partial charge in [0, 0.05) is 18.8 Å². The Labute approximate surface area is 112 Å². The molecule has 0 fully saturated rings. The smallest absolute Gasteiger partial charge is 0.335 e. The molecule has 6 nitrogen and oxygen atoms in total. The molecule has 1 aromatic carbocycles. The number of carbonyl (C=O) groups is 1. The first-order chi connectivity index (χ1) is 8.79. The number of carboxylic acid groups (broad SMARTS) is 1. The molecule has 1 aromatic rings. The number of anilines is 1. The van der Waals surface area contributed by atoms with Crippen molar-refractivity contribution in [2.75, 3.05) is 24.7 Å². The summed E-state index contributed by atoms with van der Waals surface area (Å²) in [6.45, 7) is 2.71. The summed E-state index contributed by atoms with van der Waals surface area (Å²) in [5.74, 6) is -0.943. The second-order valence-electron chi connectivity index (χ2n) is 4.28. The lowest BCUT2D eigenvalue weighted by Crippen LogP contribution is -2.24. The van der Waals surface area contributed by atoms with E-state index >= 15 is 0 Å². The molecule has 0 amide bonds. The lowest BCUT2D eigenvalue weighted by molar-refractivity contribution is 0.0696. The molecule has 0 aliphatic heterocycles. The largest absolute Gasteiger partial charge is 0.478 e. The maximum atomic E-state index is 10.8. The van der Waals surface area contributed by atoms with E-state index in [0.717, 1.165) is 11.9 Å². The van der Waals surface area contributed by atoms with E-state index < -0.39 is 16.0 Å². The highest BCUT2D eigenvalue weighted by Crippen LogP contribution is 2.15. The van der Waals surface area contributed by atoms with Gasteiger partial charge < -0.3 is 10.4 Å². The van der Waals surface area contributed by atoms with E-state index in [1.165, 1.54) is 0 Å². The number of hydrogen-bond donors (Lipinski definition) is 3. The van der Waals surface area contributed by atoms with Crippen molar-refractivity contribution < 1.29 is 18.3 Å². The number of aryl methyl sites for hydroxylation is 1. The quantitative estimate of drug-likeness (QED) is 0.651. The minimum absolute atomic E-state index is 0.282. The number of benzene rings is 1. The standard InChI is InChI=1S/C12H18N2O4S/c1-9-8-10(4-5-11(9)12(15)16)13-6-3-7-14-19(2,17)18/h4-5,8,13-14H,3,6-7H2,1-2H3,(H,15,16). The first kappa shape index (κ1) is 15.5. The first-order valence-corrected chi connectivity index (χ1v) is 7.71.